The third-order valence-electron chi connectivity index (χ3n) is 2.26. The third kappa shape index (κ3) is 2.74. The van der Waals surface area contributed by atoms with E-state index in [2.05, 4.69) is 21.1 Å². The van der Waals surface area contributed by atoms with Crippen molar-refractivity contribution >= 4 is 17.5 Å². The molecule has 0 aliphatic heterocycles. The predicted octanol–water partition coefficient (Wildman–Crippen LogP) is 2.14. The largest absolute Gasteiger partial charge is 0.253 e. The van der Waals surface area contributed by atoms with Gasteiger partial charge in [-0.25, -0.2) is 9.50 Å². The van der Waals surface area contributed by atoms with E-state index in [1.807, 2.05) is 19.9 Å². The van der Waals surface area contributed by atoms with Crippen LogP contribution in [0.2, 0.25) is 0 Å². The molecule has 0 atom stereocenters. The molecule has 0 N–H and O–H groups in total. The summed E-state index contributed by atoms with van der Waals surface area (Å²) in [7, 11) is 0. The summed E-state index contributed by atoms with van der Waals surface area (Å²) in [5.74, 6) is 1.51. The third-order valence-corrected chi connectivity index (χ3v) is 3.19. The number of thioether (sulfide) groups is 1. The van der Waals surface area contributed by atoms with Gasteiger partial charge in [-0.3, -0.25) is 0 Å². The lowest BCUT2D eigenvalue weighted by Crippen LogP contribution is -1.97. The first kappa shape index (κ1) is 11.9. The molecule has 2 aromatic heterocycles. The van der Waals surface area contributed by atoms with Crippen molar-refractivity contribution in [2.75, 3.05) is 5.75 Å². The van der Waals surface area contributed by atoms with Crippen LogP contribution in [0.1, 0.15) is 24.2 Å². The topological polar surface area (TPSA) is 66.9 Å². The second-order valence-corrected chi connectivity index (χ2v) is 4.82. The van der Waals surface area contributed by atoms with Crippen LogP contribution in [-0.4, -0.2) is 25.3 Å². The number of hydrogen-bond donors (Lipinski definition) is 0. The first-order chi connectivity index (χ1) is 8.20. The lowest BCUT2D eigenvalue weighted by Gasteiger charge is -1.97. The molecule has 6 heteroatoms. The molecule has 2 heterocycles. The highest BCUT2D eigenvalue weighted by Gasteiger charge is 2.07. The number of nitrogens with zero attached hydrogens (tertiary/aromatic N) is 5. The second-order valence-electron chi connectivity index (χ2n) is 3.76. The molecule has 0 amide bonds. The Morgan fingerprint density at radius 1 is 1.41 bits per heavy atom. The quantitative estimate of drug-likeness (QED) is 0.611. The number of aryl methyl sites for hydroxylation is 2. The maximum Gasteiger partial charge on any atom is 0.253 e. The van der Waals surface area contributed by atoms with E-state index in [1.54, 1.807) is 16.3 Å². The molecule has 0 spiro atoms. The highest BCUT2D eigenvalue weighted by atomic mass is 32.2. The van der Waals surface area contributed by atoms with Gasteiger partial charge in [-0.2, -0.15) is 10.2 Å². The minimum atomic E-state index is 0.580. The Hall–Kier alpha value is -1.61. The van der Waals surface area contributed by atoms with Crippen molar-refractivity contribution in [2.24, 2.45) is 0 Å². The molecule has 0 fully saturated rings. The van der Waals surface area contributed by atoms with Crippen molar-refractivity contribution in [1.82, 2.24) is 19.6 Å². The Kier molecular flexibility index (Phi) is 3.59. The first-order valence-electron chi connectivity index (χ1n) is 5.41. The zero-order chi connectivity index (χ0) is 12.3. The second kappa shape index (κ2) is 5.15. The van der Waals surface area contributed by atoms with Crippen LogP contribution < -0.4 is 0 Å². The van der Waals surface area contributed by atoms with Gasteiger partial charge in [0.1, 0.15) is 0 Å². The van der Waals surface area contributed by atoms with E-state index in [0.29, 0.717) is 12.2 Å². The summed E-state index contributed by atoms with van der Waals surface area (Å²) >= 11 is 1.57. The molecule has 0 aliphatic rings. The molecule has 0 radical (unpaired) electrons. The molecule has 0 unspecified atom stereocenters. The monoisotopic (exact) mass is 247 g/mol. The zero-order valence-electron chi connectivity index (χ0n) is 9.84. The minimum absolute atomic E-state index is 0.580. The molecular formula is C11H13N5S. The number of unbranched alkanes of at least 4 members (excludes halogenated alkanes) is 1. The first-order valence-corrected chi connectivity index (χ1v) is 6.40. The standard InChI is InChI=1S/C11H13N5S/c1-8-7-9(2)16-10(13-8)14-11(15-16)17-6-4-3-5-12/h7H,3-4,6H2,1-2H3. The molecule has 0 aliphatic carbocycles. The molecule has 17 heavy (non-hydrogen) atoms. The van der Waals surface area contributed by atoms with Gasteiger partial charge in [0.2, 0.25) is 5.16 Å². The summed E-state index contributed by atoms with van der Waals surface area (Å²) in [5.41, 5.74) is 1.98. The van der Waals surface area contributed by atoms with Crippen LogP contribution in [0.15, 0.2) is 11.2 Å². The molecular weight excluding hydrogens is 234 g/mol. The van der Waals surface area contributed by atoms with Gasteiger partial charge >= 0.3 is 0 Å². The van der Waals surface area contributed by atoms with Crippen LogP contribution in [0.3, 0.4) is 0 Å². The fourth-order valence-electron chi connectivity index (χ4n) is 1.52. The lowest BCUT2D eigenvalue weighted by atomic mass is 10.4. The number of fused-ring (bicyclic) bond motifs is 1. The van der Waals surface area contributed by atoms with Crippen molar-refractivity contribution in [1.29, 1.82) is 5.26 Å². The maximum absolute atomic E-state index is 8.44. The molecule has 5 nitrogen and oxygen atoms in total. The van der Waals surface area contributed by atoms with E-state index in [-0.39, 0.29) is 0 Å². The van der Waals surface area contributed by atoms with Crippen LogP contribution >= 0.6 is 11.8 Å². The fourth-order valence-corrected chi connectivity index (χ4v) is 2.28. The molecule has 88 valence electrons. The Bertz CT molecular complexity index is 569. The zero-order valence-corrected chi connectivity index (χ0v) is 10.7. The summed E-state index contributed by atoms with van der Waals surface area (Å²) < 4.78 is 1.75. The maximum atomic E-state index is 8.44. The van der Waals surface area contributed by atoms with Crippen molar-refractivity contribution < 1.29 is 0 Å². The summed E-state index contributed by atoms with van der Waals surface area (Å²) in [6.45, 7) is 3.93. The van der Waals surface area contributed by atoms with E-state index < -0.39 is 0 Å². The number of nitriles is 1. The average Bonchev–Trinajstić information content (AvgIpc) is 2.67. The minimum Gasteiger partial charge on any atom is -0.216 e. The van der Waals surface area contributed by atoms with Crippen LogP contribution in [0.4, 0.5) is 0 Å². The summed E-state index contributed by atoms with van der Waals surface area (Å²) in [6, 6.07) is 4.10. The Morgan fingerprint density at radius 3 is 3.00 bits per heavy atom. The number of aromatic nitrogens is 4. The van der Waals surface area contributed by atoms with E-state index in [1.165, 1.54) is 0 Å². The summed E-state index contributed by atoms with van der Waals surface area (Å²) in [4.78, 5) is 8.68. The van der Waals surface area contributed by atoms with Crippen LogP contribution in [0.5, 0.6) is 0 Å². The molecule has 0 aromatic carbocycles. The van der Waals surface area contributed by atoms with Crippen molar-refractivity contribution in [3.63, 3.8) is 0 Å². The van der Waals surface area contributed by atoms with Crippen molar-refractivity contribution in [3.8, 4) is 6.07 Å². The highest BCUT2D eigenvalue weighted by molar-refractivity contribution is 7.99. The number of hydrogen-bond acceptors (Lipinski definition) is 5. The van der Waals surface area contributed by atoms with Gasteiger partial charge in [0.25, 0.3) is 5.78 Å². The van der Waals surface area contributed by atoms with Gasteiger partial charge < -0.3 is 0 Å². The summed E-state index contributed by atoms with van der Waals surface area (Å²) in [6.07, 6.45) is 1.44. The Morgan fingerprint density at radius 2 is 2.24 bits per heavy atom. The normalized spacial score (nSPS) is 10.6. The molecule has 0 saturated heterocycles. The van der Waals surface area contributed by atoms with Crippen molar-refractivity contribution in [3.05, 3.63) is 17.5 Å². The lowest BCUT2D eigenvalue weighted by molar-refractivity contribution is 0.842. The molecule has 0 saturated carbocycles. The van der Waals surface area contributed by atoms with Gasteiger partial charge in [-0.05, 0) is 26.3 Å². The van der Waals surface area contributed by atoms with Gasteiger partial charge in [0.15, 0.2) is 0 Å². The van der Waals surface area contributed by atoms with Gasteiger partial charge in [0, 0.05) is 23.6 Å². The Balaban J connectivity index is 2.15. The average molecular weight is 247 g/mol. The van der Waals surface area contributed by atoms with Crippen LogP contribution in [-0.2, 0) is 0 Å². The van der Waals surface area contributed by atoms with Gasteiger partial charge in [-0.15, -0.1) is 5.10 Å². The van der Waals surface area contributed by atoms with Crippen LogP contribution in [0.25, 0.3) is 5.78 Å². The summed E-state index contributed by atoms with van der Waals surface area (Å²) in [5, 5.41) is 13.5. The smallest absolute Gasteiger partial charge is 0.216 e. The van der Waals surface area contributed by atoms with E-state index in [9.17, 15) is 0 Å². The SMILES string of the molecule is Cc1cc(C)n2nc(SCCCC#N)nc2n1. The van der Waals surface area contributed by atoms with E-state index in [0.717, 1.165) is 28.7 Å². The number of rotatable bonds is 4. The van der Waals surface area contributed by atoms with Gasteiger partial charge in [-0.1, -0.05) is 11.8 Å². The fraction of sp³-hybridized carbons (Fsp3) is 0.455. The Labute approximate surface area is 104 Å². The molecule has 2 rings (SSSR count). The van der Waals surface area contributed by atoms with E-state index >= 15 is 0 Å². The highest BCUT2D eigenvalue weighted by Crippen LogP contribution is 2.16. The predicted molar refractivity (Wildman–Crippen MR) is 65.8 cm³/mol. The molecule has 2 aromatic rings. The van der Waals surface area contributed by atoms with Crippen molar-refractivity contribution in [2.45, 2.75) is 31.8 Å². The van der Waals surface area contributed by atoms with Crippen LogP contribution in [0, 0.1) is 25.2 Å². The molecule has 0 bridgehead atoms. The van der Waals surface area contributed by atoms with E-state index in [4.69, 9.17) is 5.26 Å². The van der Waals surface area contributed by atoms with Gasteiger partial charge in [0.05, 0.1) is 6.07 Å².